The molecule has 0 bridgehead atoms. The van der Waals surface area contributed by atoms with E-state index in [1.807, 2.05) is 24.4 Å². The third kappa shape index (κ3) is 3.16. The molecule has 1 aromatic heterocycles. The zero-order valence-electron chi connectivity index (χ0n) is 7.74. The molecule has 0 saturated heterocycles. The van der Waals surface area contributed by atoms with Crippen LogP contribution in [0.25, 0.3) is 0 Å². The van der Waals surface area contributed by atoms with Crippen molar-refractivity contribution in [2.75, 3.05) is 13.7 Å². The summed E-state index contributed by atoms with van der Waals surface area (Å²) in [5.41, 5.74) is 0. The molecule has 0 aromatic carbocycles. The molecule has 72 valence electrons. The summed E-state index contributed by atoms with van der Waals surface area (Å²) in [6, 6.07) is 4.25. The maximum atomic E-state index is 10.8. The number of carbonyl (C=O) groups excluding carboxylic acids is 1. The van der Waals surface area contributed by atoms with E-state index in [-0.39, 0.29) is 18.6 Å². The Labute approximate surface area is 81.7 Å². The fraction of sp³-hybridized carbons (Fsp3) is 0.444. The predicted molar refractivity (Wildman–Crippen MR) is 52.8 cm³/mol. The Morgan fingerprint density at radius 2 is 2.54 bits per heavy atom. The highest BCUT2D eigenvalue weighted by Crippen LogP contribution is 2.17. The highest BCUT2D eigenvalue weighted by atomic mass is 32.1. The summed E-state index contributed by atoms with van der Waals surface area (Å²) in [5.74, 6) is -0.233. The zero-order valence-corrected chi connectivity index (χ0v) is 8.56. The van der Waals surface area contributed by atoms with Crippen LogP contribution in [0.5, 0.6) is 0 Å². The molecule has 1 heterocycles. The lowest BCUT2D eigenvalue weighted by Gasteiger charge is -2.10. The van der Waals surface area contributed by atoms with Crippen molar-refractivity contribution in [3.63, 3.8) is 0 Å². The fourth-order valence-corrected chi connectivity index (χ4v) is 1.71. The number of nitrogens with one attached hydrogen (secondary N) is 1. The van der Waals surface area contributed by atoms with E-state index in [9.17, 15) is 4.79 Å². The van der Waals surface area contributed by atoms with Crippen LogP contribution >= 0.6 is 11.3 Å². The van der Waals surface area contributed by atoms with Gasteiger partial charge in [0.25, 0.3) is 0 Å². The zero-order chi connectivity index (χ0) is 9.68. The Morgan fingerprint density at radius 1 is 1.77 bits per heavy atom. The van der Waals surface area contributed by atoms with Gasteiger partial charge in [0, 0.05) is 10.9 Å². The van der Waals surface area contributed by atoms with Crippen molar-refractivity contribution < 1.29 is 9.53 Å². The molecule has 1 N–H and O–H groups in total. The topological polar surface area (TPSA) is 38.3 Å². The number of hydrogen-bond acceptors (Lipinski definition) is 4. The van der Waals surface area contributed by atoms with Gasteiger partial charge in [-0.15, -0.1) is 11.3 Å². The summed E-state index contributed by atoms with van der Waals surface area (Å²) in [4.78, 5) is 12.0. The molecular weight excluding hydrogens is 186 g/mol. The first-order valence-electron chi connectivity index (χ1n) is 4.07. The molecule has 3 nitrogen and oxygen atoms in total. The van der Waals surface area contributed by atoms with Gasteiger partial charge in [-0.2, -0.15) is 0 Å². The minimum Gasteiger partial charge on any atom is -0.468 e. The Balaban J connectivity index is 2.34. The van der Waals surface area contributed by atoms with Gasteiger partial charge in [-0.1, -0.05) is 6.07 Å². The van der Waals surface area contributed by atoms with Gasteiger partial charge in [0.15, 0.2) is 0 Å². The minimum atomic E-state index is -0.233. The number of hydrogen-bond donors (Lipinski definition) is 1. The molecule has 0 aliphatic carbocycles. The van der Waals surface area contributed by atoms with Crippen molar-refractivity contribution in [1.82, 2.24) is 5.32 Å². The molecule has 0 aliphatic rings. The maximum Gasteiger partial charge on any atom is 0.319 e. The average molecular weight is 199 g/mol. The summed E-state index contributed by atoms with van der Waals surface area (Å²) < 4.78 is 4.52. The van der Waals surface area contributed by atoms with Crippen LogP contribution in [0.1, 0.15) is 17.8 Å². The SMILES string of the molecule is COC(=O)CN[C@H](C)c1cccs1. The smallest absolute Gasteiger partial charge is 0.319 e. The molecular formula is C9H13NO2S. The van der Waals surface area contributed by atoms with Gasteiger partial charge in [0.1, 0.15) is 0 Å². The molecule has 0 aliphatic heterocycles. The Morgan fingerprint density at radius 3 is 3.08 bits per heavy atom. The van der Waals surface area contributed by atoms with Gasteiger partial charge in [-0.25, -0.2) is 0 Å². The second kappa shape index (κ2) is 4.99. The lowest BCUT2D eigenvalue weighted by molar-refractivity contribution is -0.139. The standard InChI is InChI=1S/C9H13NO2S/c1-7(8-4-3-5-13-8)10-6-9(11)12-2/h3-5,7,10H,6H2,1-2H3/t7-/m1/s1. The number of carbonyl (C=O) groups is 1. The van der Waals surface area contributed by atoms with Gasteiger partial charge < -0.3 is 4.74 Å². The molecule has 0 amide bonds. The summed E-state index contributed by atoms with van der Waals surface area (Å²) in [6.45, 7) is 2.28. The average Bonchev–Trinajstić information content (AvgIpc) is 2.66. The second-order valence-electron chi connectivity index (χ2n) is 2.69. The van der Waals surface area contributed by atoms with E-state index >= 15 is 0 Å². The summed E-state index contributed by atoms with van der Waals surface area (Å²) in [6.07, 6.45) is 0. The second-order valence-corrected chi connectivity index (χ2v) is 3.67. The number of esters is 1. The van der Waals surface area contributed by atoms with Gasteiger partial charge in [-0.3, -0.25) is 10.1 Å². The van der Waals surface area contributed by atoms with Crippen LogP contribution in [0.15, 0.2) is 17.5 Å². The molecule has 0 spiro atoms. The van der Waals surface area contributed by atoms with Crippen LogP contribution in [0.3, 0.4) is 0 Å². The molecule has 0 saturated carbocycles. The van der Waals surface area contributed by atoms with Crippen molar-refractivity contribution in [3.05, 3.63) is 22.4 Å². The molecule has 13 heavy (non-hydrogen) atoms. The van der Waals surface area contributed by atoms with Crippen LogP contribution in [-0.4, -0.2) is 19.6 Å². The Bertz CT molecular complexity index is 259. The lowest BCUT2D eigenvalue weighted by Crippen LogP contribution is -2.26. The monoisotopic (exact) mass is 199 g/mol. The Kier molecular flexibility index (Phi) is 3.92. The van der Waals surface area contributed by atoms with Crippen LogP contribution in [-0.2, 0) is 9.53 Å². The van der Waals surface area contributed by atoms with Crippen molar-refractivity contribution in [2.24, 2.45) is 0 Å². The number of ether oxygens (including phenoxy) is 1. The van der Waals surface area contributed by atoms with Gasteiger partial charge >= 0.3 is 5.97 Å². The summed E-state index contributed by atoms with van der Waals surface area (Å²) >= 11 is 1.68. The normalized spacial score (nSPS) is 12.5. The Hall–Kier alpha value is -0.870. The number of rotatable bonds is 4. The maximum absolute atomic E-state index is 10.8. The van der Waals surface area contributed by atoms with Crippen LogP contribution in [0.4, 0.5) is 0 Å². The molecule has 1 rings (SSSR count). The largest absolute Gasteiger partial charge is 0.468 e. The van der Waals surface area contributed by atoms with E-state index in [1.54, 1.807) is 11.3 Å². The van der Waals surface area contributed by atoms with E-state index < -0.39 is 0 Å². The quantitative estimate of drug-likeness (QED) is 0.748. The van der Waals surface area contributed by atoms with E-state index in [4.69, 9.17) is 0 Å². The van der Waals surface area contributed by atoms with E-state index in [0.29, 0.717) is 0 Å². The fourth-order valence-electron chi connectivity index (χ4n) is 0.947. The molecule has 1 aromatic rings. The van der Waals surface area contributed by atoms with Gasteiger partial charge in [-0.05, 0) is 18.4 Å². The summed E-state index contributed by atoms with van der Waals surface area (Å²) in [7, 11) is 1.39. The summed E-state index contributed by atoms with van der Waals surface area (Å²) in [5, 5.41) is 5.09. The van der Waals surface area contributed by atoms with Crippen molar-refractivity contribution >= 4 is 17.3 Å². The highest BCUT2D eigenvalue weighted by molar-refractivity contribution is 7.10. The van der Waals surface area contributed by atoms with Crippen molar-refractivity contribution in [3.8, 4) is 0 Å². The molecule has 1 atom stereocenters. The molecule has 0 radical (unpaired) electrons. The molecule has 0 fully saturated rings. The molecule has 0 unspecified atom stereocenters. The third-order valence-corrected chi connectivity index (χ3v) is 2.81. The van der Waals surface area contributed by atoms with Gasteiger partial charge in [0.2, 0.25) is 0 Å². The third-order valence-electron chi connectivity index (χ3n) is 1.75. The van der Waals surface area contributed by atoms with Crippen LogP contribution in [0.2, 0.25) is 0 Å². The van der Waals surface area contributed by atoms with E-state index in [1.165, 1.54) is 12.0 Å². The lowest BCUT2D eigenvalue weighted by atomic mass is 10.3. The van der Waals surface area contributed by atoms with Crippen molar-refractivity contribution in [1.29, 1.82) is 0 Å². The highest BCUT2D eigenvalue weighted by Gasteiger charge is 2.07. The first-order chi connectivity index (χ1) is 6.24. The van der Waals surface area contributed by atoms with Crippen LogP contribution < -0.4 is 5.32 Å². The first kappa shape index (κ1) is 10.2. The van der Waals surface area contributed by atoms with Crippen LogP contribution in [0, 0.1) is 0 Å². The van der Waals surface area contributed by atoms with E-state index in [2.05, 4.69) is 10.1 Å². The van der Waals surface area contributed by atoms with E-state index in [0.717, 1.165) is 0 Å². The predicted octanol–water partition coefficient (Wildman–Crippen LogP) is 1.57. The van der Waals surface area contributed by atoms with Crippen molar-refractivity contribution in [2.45, 2.75) is 13.0 Å². The van der Waals surface area contributed by atoms with Gasteiger partial charge in [0.05, 0.1) is 13.7 Å². The number of thiophene rings is 1. The number of methoxy groups -OCH3 is 1. The first-order valence-corrected chi connectivity index (χ1v) is 4.95. The minimum absolute atomic E-state index is 0.207. The molecule has 4 heteroatoms.